The van der Waals surface area contributed by atoms with Gasteiger partial charge < -0.3 is 4.74 Å². The highest BCUT2D eigenvalue weighted by Gasteiger charge is 2.20. The summed E-state index contributed by atoms with van der Waals surface area (Å²) < 4.78 is 4.92. The minimum Gasteiger partial charge on any atom is -0.466 e. The first kappa shape index (κ1) is 13.2. The van der Waals surface area contributed by atoms with Crippen LogP contribution in [-0.4, -0.2) is 34.8 Å². The van der Waals surface area contributed by atoms with E-state index in [4.69, 9.17) is 4.74 Å². The average molecular weight is 289 g/mol. The van der Waals surface area contributed by atoms with Crippen LogP contribution >= 0.6 is 34.9 Å². The smallest absolute Gasteiger partial charge is 0.311 e. The Labute approximate surface area is 114 Å². The first-order chi connectivity index (χ1) is 8.29. The van der Waals surface area contributed by atoms with E-state index < -0.39 is 0 Å². The zero-order chi connectivity index (χ0) is 12.1. The van der Waals surface area contributed by atoms with Crippen molar-refractivity contribution in [1.82, 2.24) is 4.98 Å². The van der Waals surface area contributed by atoms with Crippen molar-refractivity contribution in [2.24, 2.45) is 0 Å². The van der Waals surface area contributed by atoms with E-state index in [0.29, 0.717) is 18.3 Å². The summed E-state index contributed by atoms with van der Waals surface area (Å²) in [6, 6.07) is 0. The van der Waals surface area contributed by atoms with Gasteiger partial charge >= 0.3 is 5.97 Å². The fourth-order valence-corrected chi connectivity index (χ4v) is 5.36. The van der Waals surface area contributed by atoms with E-state index in [1.54, 1.807) is 11.3 Å². The predicted molar refractivity (Wildman–Crippen MR) is 75.0 cm³/mol. The molecule has 2 rings (SSSR count). The number of carbonyl (C=O) groups excluding carboxylic acids is 1. The molecule has 6 heteroatoms. The van der Waals surface area contributed by atoms with Crippen LogP contribution in [0.15, 0.2) is 5.38 Å². The highest BCUT2D eigenvalue weighted by Crippen LogP contribution is 2.37. The number of ether oxygens (including phenoxy) is 1. The van der Waals surface area contributed by atoms with E-state index in [-0.39, 0.29) is 5.97 Å². The van der Waals surface area contributed by atoms with Gasteiger partial charge in [0.25, 0.3) is 0 Å². The van der Waals surface area contributed by atoms with Crippen molar-refractivity contribution in [3.8, 4) is 0 Å². The molecule has 1 aromatic rings. The normalized spacial score (nSPS) is 20.2. The fraction of sp³-hybridized carbons (Fsp3) is 0.636. The molecule has 3 nitrogen and oxygen atoms in total. The zero-order valence-electron chi connectivity index (χ0n) is 9.68. The minimum absolute atomic E-state index is 0.185. The number of esters is 1. The largest absolute Gasteiger partial charge is 0.466 e. The molecule has 1 aromatic heterocycles. The molecule has 1 unspecified atom stereocenters. The second-order valence-corrected chi connectivity index (χ2v) is 6.94. The Morgan fingerprint density at radius 1 is 1.59 bits per heavy atom. The quantitative estimate of drug-likeness (QED) is 0.797. The summed E-state index contributed by atoms with van der Waals surface area (Å²) >= 11 is 5.62. The summed E-state index contributed by atoms with van der Waals surface area (Å²) in [6.45, 7) is 2.26. The number of rotatable bonds is 4. The monoisotopic (exact) mass is 289 g/mol. The zero-order valence-corrected chi connectivity index (χ0v) is 12.1. The van der Waals surface area contributed by atoms with E-state index >= 15 is 0 Å². The van der Waals surface area contributed by atoms with Crippen LogP contribution < -0.4 is 0 Å². The Balaban J connectivity index is 1.93. The first-order valence-electron chi connectivity index (χ1n) is 5.59. The van der Waals surface area contributed by atoms with E-state index in [2.05, 4.69) is 4.98 Å². The summed E-state index contributed by atoms with van der Waals surface area (Å²) in [5.41, 5.74) is 0.847. The molecule has 0 bridgehead atoms. The lowest BCUT2D eigenvalue weighted by molar-refractivity contribution is -0.142. The van der Waals surface area contributed by atoms with Gasteiger partial charge in [-0.2, -0.15) is 11.8 Å². The van der Waals surface area contributed by atoms with Crippen LogP contribution in [0, 0.1) is 0 Å². The third kappa shape index (κ3) is 3.89. The lowest BCUT2D eigenvalue weighted by atomic mass is 10.3. The van der Waals surface area contributed by atoms with E-state index in [1.807, 2.05) is 35.8 Å². The standard InChI is InChI=1S/C11H15NO2S3/c1-2-14-10(13)5-8-6-17-11(12-8)9-7-15-3-4-16-9/h6,9H,2-5,7H2,1H3. The molecule has 94 valence electrons. The number of carbonyl (C=O) groups is 1. The molecule has 1 atom stereocenters. The Morgan fingerprint density at radius 2 is 2.47 bits per heavy atom. The maximum absolute atomic E-state index is 11.3. The summed E-state index contributed by atoms with van der Waals surface area (Å²) in [7, 11) is 0. The highest BCUT2D eigenvalue weighted by molar-refractivity contribution is 8.06. The second kappa shape index (κ2) is 6.66. The number of nitrogens with zero attached hydrogens (tertiary/aromatic N) is 1. The van der Waals surface area contributed by atoms with Crippen molar-refractivity contribution < 1.29 is 9.53 Å². The van der Waals surface area contributed by atoms with Crippen LogP contribution in [0.2, 0.25) is 0 Å². The molecule has 17 heavy (non-hydrogen) atoms. The van der Waals surface area contributed by atoms with Crippen molar-refractivity contribution in [1.29, 1.82) is 0 Å². The van der Waals surface area contributed by atoms with Gasteiger partial charge in [-0.3, -0.25) is 4.79 Å². The van der Waals surface area contributed by atoms with Crippen molar-refractivity contribution in [2.45, 2.75) is 18.6 Å². The van der Waals surface area contributed by atoms with Gasteiger partial charge in [0.2, 0.25) is 0 Å². The SMILES string of the molecule is CCOC(=O)Cc1csc(C2CSCCS2)n1. The van der Waals surface area contributed by atoms with Gasteiger partial charge in [-0.15, -0.1) is 23.1 Å². The molecule has 1 aliphatic heterocycles. The van der Waals surface area contributed by atoms with E-state index in [1.165, 1.54) is 11.5 Å². The average Bonchev–Trinajstić information content (AvgIpc) is 2.79. The Hall–Kier alpha value is -0.200. The summed E-state index contributed by atoms with van der Waals surface area (Å²) in [6.07, 6.45) is 0.300. The van der Waals surface area contributed by atoms with Crippen LogP contribution in [0.3, 0.4) is 0 Å². The van der Waals surface area contributed by atoms with Crippen LogP contribution in [0.5, 0.6) is 0 Å². The third-order valence-electron chi connectivity index (χ3n) is 2.29. The van der Waals surface area contributed by atoms with Gasteiger partial charge in [-0.25, -0.2) is 4.98 Å². The summed E-state index contributed by atoms with van der Waals surface area (Å²) in [5.74, 6) is 3.39. The molecular formula is C11H15NO2S3. The Kier molecular flexibility index (Phi) is 5.18. The number of thiazole rings is 1. The van der Waals surface area contributed by atoms with E-state index in [0.717, 1.165) is 16.5 Å². The number of aromatic nitrogens is 1. The van der Waals surface area contributed by atoms with E-state index in [9.17, 15) is 4.79 Å². The highest BCUT2D eigenvalue weighted by atomic mass is 32.2. The molecule has 0 amide bonds. The minimum atomic E-state index is -0.185. The molecule has 1 fully saturated rings. The number of hydrogen-bond donors (Lipinski definition) is 0. The van der Waals surface area contributed by atoms with Gasteiger partial charge in [0, 0.05) is 22.6 Å². The molecule has 2 heterocycles. The molecule has 0 N–H and O–H groups in total. The predicted octanol–water partition coefficient (Wildman–Crippen LogP) is 2.77. The summed E-state index contributed by atoms with van der Waals surface area (Å²) in [4.78, 5) is 15.9. The lowest BCUT2D eigenvalue weighted by Crippen LogP contribution is -2.09. The van der Waals surface area contributed by atoms with Gasteiger partial charge in [-0.05, 0) is 6.92 Å². The molecule has 1 saturated heterocycles. The maximum Gasteiger partial charge on any atom is 0.311 e. The topological polar surface area (TPSA) is 39.2 Å². The maximum atomic E-state index is 11.3. The van der Waals surface area contributed by atoms with Crippen molar-refractivity contribution in [3.63, 3.8) is 0 Å². The number of hydrogen-bond acceptors (Lipinski definition) is 6. The van der Waals surface area contributed by atoms with Crippen LogP contribution in [0.1, 0.15) is 22.9 Å². The van der Waals surface area contributed by atoms with Gasteiger partial charge in [0.05, 0.1) is 24.0 Å². The molecule has 0 radical (unpaired) electrons. The third-order valence-corrected chi connectivity index (χ3v) is 6.21. The van der Waals surface area contributed by atoms with Crippen molar-refractivity contribution >= 4 is 40.8 Å². The summed E-state index contributed by atoms with van der Waals surface area (Å²) in [5, 5.41) is 3.64. The molecule has 0 saturated carbocycles. The molecule has 1 aliphatic rings. The lowest BCUT2D eigenvalue weighted by Gasteiger charge is -2.18. The van der Waals surface area contributed by atoms with Gasteiger partial charge in [0.1, 0.15) is 5.01 Å². The van der Waals surface area contributed by atoms with Gasteiger partial charge in [-0.1, -0.05) is 0 Å². The van der Waals surface area contributed by atoms with Crippen LogP contribution in [0.4, 0.5) is 0 Å². The molecule has 0 aromatic carbocycles. The van der Waals surface area contributed by atoms with Crippen LogP contribution in [-0.2, 0) is 16.0 Å². The van der Waals surface area contributed by atoms with Crippen molar-refractivity contribution in [2.75, 3.05) is 23.9 Å². The molecule has 0 spiro atoms. The molecular weight excluding hydrogens is 274 g/mol. The number of thioether (sulfide) groups is 2. The molecule has 0 aliphatic carbocycles. The second-order valence-electron chi connectivity index (χ2n) is 3.59. The Morgan fingerprint density at radius 3 is 3.18 bits per heavy atom. The fourth-order valence-electron chi connectivity index (χ4n) is 1.54. The Bertz CT molecular complexity index is 375. The van der Waals surface area contributed by atoms with Crippen molar-refractivity contribution in [3.05, 3.63) is 16.1 Å². The van der Waals surface area contributed by atoms with Gasteiger partial charge in [0.15, 0.2) is 0 Å². The first-order valence-corrected chi connectivity index (χ1v) is 8.67. The van der Waals surface area contributed by atoms with Crippen LogP contribution in [0.25, 0.3) is 0 Å².